The Hall–Kier alpha value is -3.52. The molecule has 0 radical (unpaired) electrons. The number of aromatic carboxylic acids is 1. The number of carbonyl (C=O) groups is 2. The average Bonchev–Trinajstić information content (AvgIpc) is 2.90. The molecule has 0 unspecified atom stereocenters. The second-order valence-corrected chi connectivity index (χ2v) is 6.09. The summed E-state index contributed by atoms with van der Waals surface area (Å²) in [5, 5.41) is 25.4. The highest BCUT2D eigenvalue weighted by Gasteiger charge is 2.29. The van der Waals surface area contributed by atoms with Crippen LogP contribution in [0.5, 0.6) is 0 Å². The molecular weight excluding hydrogens is 374 g/mol. The summed E-state index contributed by atoms with van der Waals surface area (Å²) in [4.78, 5) is 34.3. The van der Waals surface area contributed by atoms with Gasteiger partial charge in [-0.05, 0) is 36.8 Å². The highest BCUT2D eigenvalue weighted by molar-refractivity contribution is 6.34. The van der Waals surface area contributed by atoms with Crippen LogP contribution in [-0.4, -0.2) is 27.6 Å². The van der Waals surface area contributed by atoms with Crippen molar-refractivity contribution in [3.63, 3.8) is 0 Å². The third-order valence-electron chi connectivity index (χ3n) is 3.88. The zero-order valence-electron chi connectivity index (χ0n) is 13.9. The first kappa shape index (κ1) is 18.3. The normalized spacial score (nSPS) is 15.2. The Bertz CT molecular complexity index is 1050. The van der Waals surface area contributed by atoms with Crippen molar-refractivity contribution in [3.8, 4) is 0 Å². The zero-order chi connectivity index (χ0) is 19.7. The van der Waals surface area contributed by atoms with E-state index in [1.165, 1.54) is 42.5 Å². The van der Waals surface area contributed by atoms with Gasteiger partial charge in [0.25, 0.3) is 11.6 Å². The molecule has 2 aromatic rings. The van der Waals surface area contributed by atoms with E-state index >= 15 is 0 Å². The van der Waals surface area contributed by atoms with Crippen molar-refractivity contribution in [2.75, 3.05) is 5.01 Å². The fraction of sp³-hybridized carbons (Fsp3) is 0.0556. The smallest absolute Gasteiger partial charge is 0.337 e. The Morgan fingerprint density at radius 1 is 1.30 bits per heavy atom. The van der Waals surface area contributed by atoms with Crippen molar-refractivity contribution < 1.29 is 19.6 Å². The first-order chi connectivity index (χ1) is 12.8. The SMILES string of the molecule is CC1=NN(c2ccc(Cl)c(C(=O)O)c2)C(=O)/C1=C\c1cccc([N+](=O)[O-])c1. The molecule has 1 N–H and O–H groups in total. The molecule has 0 bridgehead atoms. The first-order valence-electron chi connectivity index (χ1n) is 7.67. The molecule has 1 aliphatic rings. The maximum Gasteiger partial charge on any atom is 0.337 e. The Balaban J connectivity index is 1.97. The van der Waals surface area contributed by atoms with Crippen LogP contribution in [-0.2, 0) is 4.79 Å². The number of benzene rings is 2. The topological polar surface area (TPSA) is 113 Å². The van der Waals surface area contributed by atoms with E-state index in [1.54, 1.807) is 13.0 Å². The van der Waals surface area contributed by atoms with Crippen molar-refractivity contribution in [3.05, 3.63) is 74.3 Å². The van der Waals surface area contributed by atoms with Crippen LogP contribution in [0.25, 0.3) is 6.08 Å². The second kappa shape index (κ2) is 7.00. The summed E-state index contributed by atoms with van der Waals surface area (Å²) in [5.41, 5.74) is 1.14. The number of hydrogen-bond acceptors (Lipinski definition) is 5. The molecule has 27 heavy (non-hydrogen) atoms. The van der Waals surface area contributed by atoms with Gasteiger partial charge < -0.3 is 5.11 Å². The number of anilines is 1. The monoisotopic (exact) mass is 385 g/mol. The molecule has 136 valence electrons. The molecule has 0 atom stereocenters. The van der Waals surface area contributed by atoms with Crippen LogP contribution in [0.3, 0.4) is 0 Å². The van der Waals surface area contributed by atoms with Gasteiger partial charge in [0.15, 0.2) is 0 Å². The van der Waals surface area contributed by atoms with Crippen LogP contribution in [0.1, 0.15) is 22.8 Å². The van der Waals surface area contributed by atoms with E-state index in [0.29, 0.717) is 11.3 Å². The van der Waals surface area contributed by atoms with Gasteiger partial charge in [-0.2, -0.15) is 10.1 Å². The lowest BCUT2D eigenvalue weighted by atomic mass is 10.1. The minimum atomic E-state index is -1.22. The lowest BCUT2D eigenvalue weighted by molar-refractivity contribution is -0.384. The van der Waals surface area contributed by atoms with E-state index < -0.39 is 16.8 Å². The molecule has 0 aliphatic carbocycles. The fourth-order valence-electron chi connectivity index (χ4n) is 2.56. The summed E-state index contributed by atoms with van der Waals surface area (Å²) in [6.07, 6.45) is 1.50. The van der Waals surface area contributed by atoms with Gasteiger partial charge in [0, 0.05) is 12.1 Å². The number of halogens is 1. The van der Waals surface area contributed by atoms with E-state index in [0.717, 1.165) is 5.01 Å². The number of rotatable bonds is 4. The number of non-ortho nitro benzene ring substituents is 1. The van der Waals surface area contributed by atoms with Gasteiger partial charge in [-0.25, -0.2) is 4.79 Å². The molecule has 2 aromatic carbocycles. The molecule has 9 heteroatoms. The number of carbonyl (C=O) groups excluding carboxylic acids is 1. The number of hydrazone groups is 1. The van der Waals surface area contributed by atoms with Gasteiger partial charge in [-0.1, -0.05) is 23.7 Å². The van der Waals surface area contributed by atoms with E-state index in [4.69, 9.17) is 11.6 Å². The zero-order valence-corrected chi connectivity index (χ0v) is 14.7. The van der Waals surface area contributed by atoms with E-state index in [2.05, 4.69) is 5.10 Å². The maximum absolute atomic E-state index is 12.7. The van der Waals surface area contributed by atoms with E-state index in [9.17, 15) is 24.8 Å². The highest BCUT2D eigenvalue weighted by atomic mass is 35.5. The first-order valence-corrected chi connectivity index (χ1v) is 8.05. The highest BCUT2D eigenvalue weighted by Crippen LogP contribution is 2.29. The number of carboxylic acid groups (broad SMARTS) is 1. The quantitative estimate of drug-likeness (QED) is 0.489. The summed E-state index contributed by atoms with van der Waals surface area (Å²) in [6, 6.07) is 9.98. The maximum atomic E-state index is 12.7. The number of nitrogens with zero attached hydrogens (tertiary/aromatic N) is 3. The summed E-state index contributed by atoms with van der Waals surface area (Å²) in [5.74, 6) is -1.70. The number of nitro groups is 1. The number of hydrogen-bond donors (Lipinski definition) is 1. The predicted molar refractivity (Wildman–Crippen MR) is 100 cm³/mol. The van der Waals surface area contributed by atoms with Crippen molar-refractivity contribution in [2.45, 2.75) is 6.92 Å². The number of carboxylic acids is 1. The predicted octanol–water partition coefficient (Wildman–Crippen LogP) is 3.75. The molecule has 3 rings (SSSR count). The minimum Gasteiger partial charge on any atom is -0.478 e. The van der Waals surface area contributed by atoms with Gasteiger partial charge in [0.1, 0.15) is 0 Å². The Morgan fingerprint density at radius 3 is 2.70 bits per heavy atom. The minimum absolute atomic E-state index is 0.0472. The third kappa shape index (κ3) is 3.56. The van der Waals surface area contributed by atoms with Crippen molar-refractivity contribution in [2.24, 2.45) is 5.10 Å². The van der Waals surface area contributed by atoms with Crippen molar-refractivity contribution in [1.29, 1.82) is 0 Å². The Morgan fingerprint density at radius 2 is 2.04 bits per heavy atom. The van der Waals surface area contributed by atoms with Gasteiger partial charge in [0.05, 0.1) is 32.5 Å². The van der Waals surface area contributed by atoms with Gasteiger partial charge in [0.2, 0.25) is 0 Å². The molecule has 0 spiro atoms. The average molecular weight is 386 g/mol. The third-order valence-corrected chi connectivity index (χ3v) is 4.21. The number of amides is 1. The summed E-state index contributed by atoms with van der Waals surface area (Å²) >= 11 is 5.85. The molecular formula is C18H12ClN3O5. The molecule has 1 amide bonds. The second-order valence-electron chi connectivity index (χ2n) is 5.68. The van der Waals surface area contributed by atoms with Crippen LogP contribution in [0.2, 0.25) is 5.02 Å². The van der Waals surface area contributed by atoms with Gasteiger partial charge in [-0.15, -0.1) is 0 Å². The standard InChI is InChI=1S/C18H12ClN3O5/c1-10-14(8-11-3-2-4-13(7-11)22(26)27)17(23)21(20-10)12-5-6-16(19)15(9-12)18(24)25/h2-9H,1H3,(H,24,25)/b14-8-. The summed E-state index contributed by atoms with van der Waals surface area (Å²) < 4.78 is 0. The van der Waals surface area contributed by atoms with E-state index in [1.807, 2.05) is 0 Å². The molecule has 1 heterocycles. The summed E-state index contributed by atoms with van der Waals surface area (Å²) in [7, 11) is 0. The fourth-order valence-corrected chi connectivity index (χ4v) is 2.76. The molecule has 0 aromatic heterocycles. The van der Waals surface area contributed by atoms with Crippen LogP contribution >= 0.6 is 11.6 Å². The van der Waals surface area contributed by atoms with Crippen LogP contribution < -0.4 is 5.01 Å². The summed E-state index contributed by atoms with van der Waals surface area (Å²) in [6.45, 7) is 1.62. The molecule has 0 saturated heterocycles. The number of nitro benzene ring substituents is 1. The van der Waals surface area contributed by atoms with Crippen LogP contribution in [0, 0.1) is 10.1 Å². The van der Waals surface area contributed by atoms with Crippen molar-refractivity contribution >= 4 is 46.6 Å². The van der Waals surface area contributed by atoms with E-state index in [-0.39, 0.29) is 27.5 Å². The Labute approximate surface area is 158 Å². The lowest BCUT2D eigenvalue weighted by Crippen LogP contribution is -2.21. The van der Waals surface area contributed by atoms with Crippen molar-refractivity contribution in [1.82, 2.24) is 0 Å². The Kier molecular flexibility index (Phi) is 4.74. The molecule has 8 nitrogen and oxygen atoms in total. The van der Waals surface area contributed by atoms with Gasteiger partial charge in [-0.3, -0.25) is 14.9 Å². The molecule has 0 fully saturated rings. The van der Waals surface area contributed by atoms with Crippen LogP contribution in [0.4, 0.5) is 11.4 Å². The van der Waals surface area contributed by atoms with Crippen LogP contribution in [0.15, 0.2) is 53.1 Å². The molecule has 0 saturated carbocycles. The van der Waals surface area contributed by atoms with Gasteiger partial charge >= 0.3 is 5.97 Å². The largest absolute Gasteiger partial charge is 0.478 e. The molecule has 1 aliphatic heterocycles. The lowest BCUT2D eigenvalue weighted by Gasteiger charge is -2.13.